The fraction of sp³-hybridized carbons (Fsp3) is 0. The van der Waals surface area contributed by atoms with E-state index in [1.54, 1.807) is 35.6 Å². The summed E-state index contributed by atoms with van der Waals surface area (Å²) in [6, 6.07) is 10.2. The Morgan fingerprint density at radius 1 is 1.17 bits per heavy atom. The van der Waals surface area contributed by atoms with Crippen LogP contribution in [0.4, 0.5) is 5.69 Å². The zero-order valence-corrected chi connectivity index (χ0v) is 14.0. The molecule has 0 atom stereocenters. The Morgan fingerprint density at radius 2 is 2.08 bits per heavy atom. The van der Waals surface area contributed by atoms with Gasteiger partial charge in [0, 0.05) is 41.4 Å². The van der Waals surface area contributed by atoms with E-state index in [1.165, 1.54) is 18.5 Å². The molecule has 24 heavy (non-hydrogen) atoms. The summed E-state index contributed by atoms with van der Waals surface area (Å²) in [6.07, 6.45) is 6.70. The number of thiazole rings is 1. The van der Waals surface area contributed by atoms with Crippen molar-refractivity contribution in [1.29, 1.82) is 0 Å². The molecule has 4 rings (SSSR count). The van der Waals surface area contributed by atoms with Gasteiger partial charge in [-0.3, -0.25) is 14.1 Å². The SMILES string of the molecule is O=S(=O)(Nc1cccc(-c2cn3ccsc3n2)c1)c1cccnc1. The molecule has 0 amide bonds. The average molecular weight is 356 g/mol. The molecule has 0 bridgehead atoms. The molecule has 0 aliphatic carbocycles. The third-order valence-electron chi connectivity index (χ3n) is 3.45. The number of pyridine rings is 1. The maximum Gasteiger partial charge on any atom is 0.263 e. The summed E-state index contributed by atoms with van der Waals surface area (Å²) in [7, 11) is -3.66. The first-order chi connectivity index (χ1) is 11.6. The smallest absolute Gasteiger partial charge is 0.263 e. The Morgan fingerprint density at radius 3 is 2.88 bits per heavy atom. The molecule has 0 saturated carbocycles. The molecule has 0 radical (unpaired) electrons. The van der Waals surface area contributed by atoms with Gasteiger partial charge in [-0.2, -0.15) is 0 Å². The van der Waals surface area contributed by atoms with Gasteiger partial charge in [0.05, 0.1) is 5.69 Å². The number of nitrogens with zero attached hydrogens (tertiary/aromatic N) is 3. The lowest BCUT2D eigenvalue weighted by molar-refractivity contribution is 0.601. The van der Waals surface area contributed by atoms with Crippen LogP contribution in [0.3, 0.4) is 0 Å². The van der Waals surface area contributed by atoms with Gasteiger partial charge in [0.1, 0.15) is 4.90 Å². The predicted octanol–water partition coefficient (Wildman–Crippen LogP) is 3.26. The van der Waals surface area contributed by atoms with E-state index in [4.69, 9.17) is 0 Å². The van der Waals surface area contributed by atoms with Crippen LogP contribution in [-0.4, -0.2) is 22.8 Å². The number of imidazole rings is 1. The first-order valence-corrected chi connectivity index (χ1v) is 9.44. The Labute approximate surface area is 142 Å². The summed E-state index contributed by atoms with van der Waals surface area (Å²) in [4.78, 5) is 9.40. The zero-order valence-electron chi connectivity index (χ0n) is 12.3. The van der Waals surface area contributed by atoms with Crippen molar-refractivity contribution in [2.75, 3.05) is 4.72 Å². The Kier molecular flexibility index (Phi) is 3.55. The van der Waals surface area contributed by atoms with E-state index in [1.807, 2.05) is 28.2 Å². The van der Waals surface area contributed by atoms with Crippen LogP contribution in [0.25, 0.3) is 16.2 Å². The first kappa shape index (κ1) is 14.9. The molecular formula is C16H12N4O2S2. The lowest BCUT2D eigenvalue weighted by atomic mass is 10.1. The van der Waals surface area contributed by atoms with Gasteiger partial charge in [-0.05, 0) is 24.3 Å². The van der Waals surface area contributed by atoms with Gasteiger partial charge in [-0.1, -0.05) is 12.1 Å². The number of fused-ring (bicyclic) bond motifs is 1. The second-order valence-electron chi connectivity index (χ2n) is 5.09. The second kappa shape index (κ2) is 5.73. The van der Waals surface area contributed by atoms with Crippen molar-refractivity contribution in [1.82, 2.24) is 14.4 Å². The largest absolute Gasteiger partial charge is 0.297 e. The summed E-state index contributed by atoms with van der Waals surface area (Å²) < 4.78 is 29.3. The monoisotopic (exact) mass is 356 g/mol. The second-order valence-corrected chi connectivity index (χ2v) is 7.65. The molecule has 4 aromatic rings. The molecule has 0 saturated heterocycles. The van der Waals surface area contributed by atoms with Crippen molar-refractivity contribution in [3.05, 3.63) is 66.6 Å². The van der Waals surface area contributed by atoms with Crippen molar-refractivity contribution in [2.45, 2.75) is 4.90 Å². The van der Waals surface area contributed by atoms with Crippen LogP contribution >= 0.6 is 11.3 Å². The molecule has 3 aromatic heterocycles. The normalized spacial score (nSPS) is 11.7. The number of aromatic nitrogens is 3. The molecule has 0 spiro atoms. The van der Waals surface area contributed by atoms with Gasteiger partial charge in [-0.15, -0.1) is 11.3 Å². The van der Waals surface area contributed by atoms with E-state index in [-0.39, 0.29) is 4.90 Å². The Balaban J connectivity index is 1.67. The highest BCUT2D eigenvalue weighted by molar-refractivity contribution is 7.92. The van der Waals surface area contributed by atoms with Gasteiger partial charge in [0.2, 0.25) is 0 Å². The van der Waals surface area contributed by atoms with Crippen LogP contribution in [0.15, 0.2) is 71.5 Å². The van der Waals surface area contributed by atoms with E-state index in [0.717, 1.165) is 16.2 Å². The highest BCUT2D eigenvalue weighted by Gasteiger charge is 2.14. The average Bonchev–Trinajstić information content (AvgIpc) is 3.17. The number of rotatable bonds is 4. The number of hydrogen-bond acceptors (Lipinski definition) is 5. The van der Waals surface area contributed by atoms with Gasteiger partial charge in [-0.25, -0.2) is 13.4 Å². The van der Waals surface area contributed by atoms with Gasteiger partial charge >= 0.3 is 0 Å². The van der Waals surface area contributed by atoms with E-state index >= 15 is 0 Å². The van der Waals surface area contributed by atoms with Gasteiger partial charge < -0.3 is 0 Å². The van der Waals surface area contributed by atoms with E-state index < -0.39 is 10.0 Å². The zero-order chi connectivity index (χ0) is 16.6. The number of hydrogen-bond donors (Lipinski definition) is 1. The first-order valence-electron chi connectivity index (χ1n) is 7.07. The Bertz CT molecular complexity index is 1070. The predicted molar refractivity (Wildman–Crippen MR) is 93.6 cm³/mol. The molecule has 0 unspecified atom stereocenters. The van der Waals surface area contributed by atoms with Crippen LogP contribution in [0, 0.1) is 0 Å². The number of sulfonamides is 1. The molecule has 8 heteroatoms. The molecule has 0 aliphatic heterocycles. The lowest BCUT2D eigenvalue weighted by Crippen LogP contribution is -2.13. The maximum absolute atomic E-state index is 12.4. The van der Waals surface area contributed by atoms with Crippen LogP contribution in [0.1, 0.15) is 0 Å². The lowest BCUT2D eigenvalue weighted by Gasteiger charge is -2.08. The highest BCUT2D eigenvalue weighted by Crippen LogP contribution is 2.25. The van der Waals surface area contributed by atoms with Crippen molar-refractivity contribution < 1.29 is 8.42 Å². The minimum atomic E-state index is -3.66. The molecule has 6 nitrogen and oxygen atoms in total. The fourth-order valence-corrected chi connectivity index (χ4v) is 4.04. The molecule has 120 valence electrons. The minimum absolute atomic E-state index is 0.123. The van der Waals surface area contributed by atoms with E-state index in [2.05, 4.69) is 14.7 Å². The van der Waals surface area contributed by atoms with Crippen molar-refractivity contribution in [3.63, 3.8) is 0 Å². The molecule has 0 aliphatic rings. The summed E-state index contributed by atoms with van der Waals surface area (Å²) >= 11 is 1.55. The topological polar surface area (TPSA) is 76.4 Å². The van der Waals surface area contributed by atoms with Crippen LogP contribution in [0.2, 0.25) is 0 Å². The van der Waals surface area contributed by atoms with Gasteiger partial charge in [0.15, 0.2) is 4.96 Å². The van der Waals surface area contributed by atoms with Crippen molar-refractivity contribution >= 4 is 32.0 Å². The third kappa shape index (κ3) is 2.77. The van der Waals surface area contributed by atoms with Crippen LogP contribution < -0.4 is 4.72 Å². The van der Waals surface area contributed by atoms with E-state index in [0.29, 0.717) is 5.69 Å². The summed E-state index contributed by atoms with van der Waals surface area (Å²) in [5.74, 6) is 0. The minimum Gasteiger partial charge on any atom is -0.297 e. The Hall–Kier alpha value is -2.71. The maximum atomic E-state index is 12.4. The molecule has 1 N–H and O–H groups in total. The number of nitrogens with one attached hydrogen (secondary N) is 1. The van der Waals surface area contributed by atoms with Crippen LogP contribution in [0.5, 0.6) is 0 Å². The molecule has 3 heterocycles. The third-order valence-corrected chi connectivity index (χ3v) is 5.59. The molecule has 0 fully saturated rings. The number of benzene rings is 1. The molecule has 1 aromatic carbocycles. The summed E-state index contributed by atoms with van der Waals surface area (Å²) in [6.45, 7) is 0. The molecular weight excluding hydrogens is 344 g/mol. The van der Waals surface area contributed by atoms with Crippen molar-refractivity contribution in [2.24, 2.45) is 0 Å². The fourth-order valence-electron chi connectivity index (χ4n) is 2.33. The van der Waals surface area contributed by atoms with Crippen molar-refractivity contribution in [3.8, 4) is 11.3 Å². The summed E-state index contributed by atoms with van der Waals surface area (Å²) in [5.41, 5.74) is 2.12. The quantitative estimate of drug-likeness (QED) is 0.609. The van der Waals surface area contributed by atoms with Gasteiger partial charge in [0.25, 0.3) is 10.0 Å². The highest BCUT2D eigenvalue weighted by atomic mass is 32.2. The van der Waals surface area contributed by atoms with Crippen LogP contribution in [-0.2, 0) is 10.0 Å². The number of anilines is 1. The van der Waals surface area contributed by atoms with E-state index in [9.17, 15) is 8.42 Å². The summed E-state index contributed by atoms with van der Waals surface area (Å²) in [5, 5.41) is 1.96. The standard InChI is InChI=1S/C16H12N4O2S2/c21-24(22,14-5-2-6-17-10-14)19-13-4-1-3-12(9-13)15-11-20-7-8-23-16(20)18-15/h1-11,19H.